The number of carbonyl (C=O) groups excluding carboxylic acids is 1. The van der Waals surface area contributed by atoms with E-state index in [9.17, 15) is 4.79 Å². The van der Waals surface area contributed by atoms with Crippen LogP contribution < -0.4 is 19.5 Å². The molecule has 0 unspecified atom stereocenters. The molecule has 2 aromatic heterocycles. The number of hydrogen-bond acceptors (Lipinski definition) is 9. The van der Waals surface area contributed by atoms with E-state index in [-0.39, 0.29) is 25.3 Å². The number of carbonyl (C=O) groups is 1. The van der Waals surface area contributed by atoms with Gasteiger partial charge in [0, 0.05) is 12.1 Å². The van der Waals surface area contributed by atoms with Crippen LogP contribution in [0.25, 0.3) is 5.69 Å². The number of rotatable bonds is 6. The molecule has 4 aromatic rings. The average molecular weight is 489 g/mol. The van der Waals surface area contributed by atoms with E-state index < -0.39 is 0 Å². The van der Waals surface area contributed by atoms with Gasteiger partial charge in [-0.25, -0.2) is 0 Å². The van der Waals surface area contributed by atoms with Crippen LogP contribution in [-0.4, -0.2) is 58.5 Å². The van der Waals surface area contributed by atoms with Gasteiger partial charge in [0.2, 0.25) is 12.5 Å². The number of hydrogen-bond donors (Lipinski definition) is 1. The molecule has 0 radical (unpaired) electrons. The molecule has 0 bridgehead atoms. The fraction of sp³-hybridized carbons (Fsp3) is 0.280. The number of fused-ring (bicyclic) bond motifs is 2. The van der Waals surface area contributed by atoms with Crippen LogP contribution in [0.4, 0.5) is 0 Å². The lowest BCUT2D eigenvalue weighted by Crippen LogP contribution is -2.35. The summed E-state index contributed by atoms with van der Waals surface area (Å²) in [5, 5.41) is 15.6. The number of methoxy groups -OCH3 is 1. The monoisotopic (exact) mass is 488 g/mol. The van der Waals surface area contributed by atoms with E-state index in [0.717, 1.165) is 24.1 Å². The highest BCUT2D eigenvalue weighted by Crippen LogP contribution is 2.50. The van der Waals surface area contributed by atoms with Crippen LogP contribution in [0.5, 0.6) is 17.2 Å². The summed E-state index contributed by atoms with van der Waals surface area (Å²) < 4.78 is 24.1. The van der Waals surface area contributed by atoms with Crippen molar-refractivity contribution in [2.45, 2.75) is 19.0 Å². The van der Waals surface area contributed by atoms with Gasteiger partial charge in [-0.05, 0) is 59.8 Å². The highest BCUT2D eigenvalue weighted by Gasteiger charge is 2.38. The van der Waals surface area contributed by atoms with E-state index in [1.54, 1.807) is 42.3 Å². The largest absolute Gasteiger partial charge is 0.492 e. The van der Waals surface area contributed by atoms with E-state index in [2.05, 4.69) is 25.7 Å². The number of furan rings is 1. The van der Waals surface area contributed by atoms with E-state index in [4.69, 9.17) is 18.6 Å². The van der Waals surface area contributed by atoms with E-state index in [1.807, 2.05) is 25.2 Å². The predicted octanol–water partition coefficient (Wildman–Crippen LogP) is 2.50. The van der Waals surface area contributed by atoms with Gasteiger partial charge in [-0.3, -0.25) is 9.69 Å². The van der Waals surface area contributed by atoms with Crippen molar-refractivity contribution in [3.63, 3.8) is 0 Å². The summed E-state index contributed by atoms with van der Waals surface area (Å²) in [4.78, 5) is 15.3. The summed E-state index contributed by atoms with van der Waals surface area (Å²) in [6, 6.07) is 12.5. The zero-order valence-corrected chi connectivity index (χ0v) is 19.8. The van der Waals surface area contributed by atoms with Crippen molar-refractivity contribution in [2.24, 2.45) is 0 Å². The third kappa shape index (κ3) is 3.64. The van der Waals surface area contributed by atoms with Crippen molar-refractivity contribution in [3.05, 3.63) is 77.0 Å². The molecule has 0 spiro atoms. The van der Waals surface area contributed by atoms with Crippen molar-refractivity contribution in [2.75, 3.05) is 27.5 Å². The Bertz CT molecular complexity index is 1420. The molecular formula is C25H24N6O5. The SMILES string of the molecule is COc1c2c(cc3c1[C@H](c1nnnn1-c1ccccc1C(=O)NCc1ccco1)N(C)CC3)OCO2. The molecule has 11 heteroatoms. The summed E-state index contributed by atoms with van der Waals surface area (Å²) >= 11 is 0. The van der Waals surface area contributed by atoms with Gasteiger partial charge in [0.25, 0.3) is 5.91 Å². The zero-order chi connectivity index (χ0) is 24.6. The number of para-hydroxylation sites is 1. The second-order valence-electron chi connectivity index (χ2n) is 8.58. The van der Waals surface area contributed by atoms with Gasteiger partial charge in [0.05, 0.1) is 31.2 Å². The second-order valence-corrected chi connectivity index (χ2v) is 8.58. The van der Waals surface area contributed by atoms with Crippen molar-refractivity contribution in [1.82, 2.24) is 30.4 Å². The first-order chi connectivity index (χ1) is 17.7. The number of tetrazole rings is 1. The fourth-order valence-corrected chi connectivity index (χ4v) is 4.82. The Balaban J connectivity index is 1.42. The molecule has 4 heterocycles. The van der Waals surface area contributed by atoms with Crippen LogP contribution in [0.2, 0.25) is 0 Å². The average Bonchev–Trinajstić information content (AvgIpc) is 3.68. The van der Waals surface area contributed by atoms with Gasteiger partial charge in [-0.15, -0.1) is 5.10 Å². The Morgan fingerprint density at radius 3 is 2.94 bits per heavy atom. The van der Waals surface area contributed by atoms with Gasteiger partial charge in [0.15, 0.2) is 17.3 Å². The lowest BCUT2D eigenvalue weighted by molar-refractivity contribution is 0.0947. The number of nitrogens with one attached hydrogen (secondary N) is 1. The standard InChI is InChI=1S/C25H24N6O5/c1-30-10-9-15-12-19-22(36-14-35-19)23(33-2)20(15)21(30)24-27-28-29-31(24)18-8-4-3-7-17(18)25(32)26-13-16-6-5-11-34-16/h3-8,11-12,21H,9-10,13-14H2,1-2H3,(H,26,32)/t21-/m1/s1. The Morgan fingerprint density at radius 1 is 1.22 bits per heavy atom. The maximum Gasteiger partial charge on any atom is 0.253 e. The van der Waals surface area contributed by atoms with E-state index in [1.165, 1.54) is 0 Å². The molecule has 0 fully saturated rings. The van der Waals surface area contributed by atoms with Crippen molar-refractivity contribution < 1.29 is 23.4 Å². The molecular weight excluding hydrogens is 464 g/mol. The van der Waals surface area contributed by atoms with Crippen LogP contribution in [0, 0.1) is 0 Å². The molecule has 1 amide bonds. The molecule has 0 aliphatic carbocycles. The summed E-state index contributed by atoms with van der Waals surface area (Å²) in [6.07, 6.45) is 2.38. The number of ether oxygens (including phenoxy) is 3. The Hall–Kier alpha value is -4.38. The highest BCUT2D eigenvalue weighted by molar-refractivity contribution is 5.97. The smallest absolute Gasteiger partial charge is 0.253 e. The molecule has 2 aliphatic heterocycles. The maximum atomic E-state index is 13.1. The lowest BCUT2D eigenvalue weighted by Gasteiger charge is -2.34. The van der Waals surface area contributed by atoms with E-state index in [0.29, 0.717) is 40.1 Å². The number of nitrogens with zero attached hydrogens (tertiary/aromatic N) is 5. The summed E-state index contributed by atoms with van der Waals surface area (Å²) in [6.45, 7) is 1.19. The quantitative estimate of drug-likeness (QED) is 0.437. The fourth-order valence-electron chi connectivity index (χ4n) is 4.82. The summed E-state index contributed by atoms with van der Waals surface area (Å²) in [5.74, 6) is 2.81. The zero-order valence-electron chi connectivity index (χ0n) is 19.8. The third-order valence-corrected chi connectivity index (χ3v) is 6.51. The van der Waals surface area contributed by atoms with E-state index >= 15 is 0 Å². The van der Waals surface area contributed by atoms with Crippen LogP contribution in [0.3, 0.4) is 0 Å². The molecule has 6 rings (SSSR count). The molecule has 0 saturated carbocycles. The van der Waals surface area contributed by atoms with Gasteiger partial charge < -0.3 is 23.9 Å². The predicted molar refractivity (Wildman–Crippen MR) is 126 cm³/mol. The normalized spacial score (nSPS) is 16.6. The molecule has 1 atom stereocenters. The first-order valence-electron chi connectivity index (χ1n) is 11.5. The Labute approximate surface area is 206 Å². The second kappa shape index (κ2) is 9.00. The van der Waals surface area contributed by atoms with Gasteiger partial charge in [-0.2, -0.15) is 4.68 Å². The molecule has 36 heavy (non-hydrogen) atoms. The van der Waals surface area contributed by atoms with Gasteiger partial charge in [0.1, 0.15) is 11.8 Å². The topological polar surface area (TPSA) is 117 Å². The van der Waals surface area contributed by atoms with Crippen molar-refractivity contribution in [3.8, 4) is 22.9 Å². The number of amides is 1. The third-order valence-electron chi connectivity index (χ3n) is 6.51. The van der Waals surface area contributed by atoms with Crippen LogP contribution in [0.15, 0.2) is 53.1 Å². The number of aromatic nitrogens is 4. The minimum absolute atomic E-state index is 0.146. The minimum Gasteiger partial charge on any atom is -0.492 e. The molecule has 1 N–H and O–H groups in total. The van der Waals surface area contributed by atoms with Gasteiger partial charge in [-0.1, -0.05) is 12.1 Å². The number of benzene rings is 2. The molecule has 2 aromatic carbocycles. The van der Waals surface area contributed by atoms with Crippen LogP contribution in [0.1, 0.15) is 39.1 Å². The van der Waals surface area contributed by atoms with Crippen LogP contribution in [-0.2, 0) is 13.0 Å². The van der Waals surface area contributed by atoms with Crippen LogP contribution >= 0.6 is 0 Å². The Morgan fingerprint density at radius 2 is 2.11 bits per heavy atom. The van der Waals surface area contributed by atoms with Gasteiger partial charge >= 0.3 is 0 Å². The summed E-state index contributed by atoms with van der Waals surface area (Å²) in [5.41, 5.74) is 3.01. The lowest BCUT2D eigenvalue weighted by atomic mass is 9.90. The molecule has 184 valence electrons. The number of likely N-dealkylation sites (N-methyl/N-ethyl adjacent to an activating group) is 1. The first kappa shape index (κ1) is 22.1. The summed E-state index contributed by atoms with van der Waals surface area (Å²) in [7, 11) is 3.63. The molecule has 0 saturated heterocycles. The van der Waals surface area contributed by atoms with Crippen molar-refractivity contribution >= 4 is 5.91 Å². The minimum atomic E-state index is -0.340. The molecule has 2 aliphatic rings. The Kier molecular flexibility index (Phi) is 5.53. The first-order valence-corrected chi connectivity index (χ1v) is 11.5. The molecule has 11 nitrogen and oxygen atoms in total. The van der Waals surface area contributed by atoms with Crippen molar-refractivity contribution in [1.29, 1.82) is 0 Å². The maximum absolute atomic E-state index is 13.1. The highest BCUT2D eigenvalue weighted by atomic mass is 16.7.